The normalized spacial score (nSPS) is 16.5. The molecule has 0 spiro atoms. The zero-order chi connectivity index (χ0) is 13.5. The first-order chi connectivity index (χ1) is 8.52. The highest BCUT2D eigenvalue weighted by Crippen LogP contribution is 2.20. The molecule has 0 aliphatic rings. The van der Waals surface area contributed by atoms with E-state index in [1.54, 1.807) is 7.11 Å². The Bertz CT molecular complexity index is 339. The predicted molar refractivity (Wildman–Crippen MR) is 70.4 cm³/mol. The molecule has 1 heterocycles. The largest absolute Gasteiger partial charge is 0.381 e. The third kappa shape index (κ3) is 5.14. The Kier molecular flexibility index (Phi) is 6.29. The number of hydrogen-bond acceptors (Lipinski definition) is 5. The van der Waals surface area contributed by atoms with Gasteiger partial charge in [0.25, 0.3) is 0 Å². The predicted octanol–water partition coefficient (Wildman–Crippen LogP) is 2.27. The van der Waals surface area contributed by atoms with E-state index in [9.17, 15) is 0 Å². The SMILES string of the molecule is COC(C)Cc1noc(C(C)CCCC(C)N)n1. The van der Waals surface area contributed by atoms with E-state index in [4.69, 9.17) is 15.0 Å². The monoisotopic (exact) mass is 255 g/mol. The molecule has 0 saturated carbocycles. The van der Waals surface area contributed by atoms with Gasteiger partial charge in [-0.3, -0.25) is 0 Å². The van der Waals surface area contributed by atoms with E-state index >= 15 is 0 Å². The van der Waals surface area contributed by atoms with Crippen LogP contribution in [0.15, 0.2) is 4.52 Å². The van der Waals surface area contributed by atoms with Crippen LogP contribution in [0.3, 0.4) is 0 Å². The fraction of sp³-hybridized carbons (Fsp3) is 0.846. The van der Waals surface area contributed by atoms with Crippen molar-refractivity contribution in [1.29, 1.82) is 0 Å². The van der Waals surface area contributed by atoms with Gasteiger partial charge in [0, 0.05) is 25.5 Å². The third-order valence-corrected chi connectivity index (χ3v) is 3.07. The highest BCUT2D eigenvalue weighted by atomic mass is 16.5. The number of ether oxygens (including phenoxy) is 1. The third-order valence-electron chi connectivity index (χ3n) is 3.07. The van der Waals surface area contributed by atoms with E-state index in [1.807, 2.05) is 13.8 Å². The molecular weight excluding hydrogens is 230 g/mol. The first-order valence-corrected chi connectivity index (χ1v) is 6.63. The Morgan fingerprint density at radius 2 is 2.00 bits per heavy atom. The van der Waals surface area contributed by atoms with Gasteiger partial charge in [-0.05, 0) is 26.7 Å². The summed E-state index contributed by atoms with van der Waals surface area (Å²) in [6.45, 7) is 6.13. The number of hydrogen-bond donors (Lipinski definition) is 1. The second kappa shape index (κ2) is 7.48. The zero-order valence-electron chi connectivity index (χ0n) is 11.8. The smallest absolute Gasteiger partial charge is 0.229 e. The zero-order valence-corrected chi connectivity index (χ0v) is 11.8. The standard InChI is InChI=1S/C13H25N3O2/c1-9(6-5-7-10(2)14)13-15-12(16-18-13)8-11(3)17-4/h9-11H,5-8,14H2,1-4H3. The topological polar surface area (TPSA) is 74.2 Å². The van der Waals surface area contributed by atoms with Crippen molar-refractivity contribution in [1.82, 2.24) is 10.1 Å². The highest BCUT2D eigenvalue weighted by molar-refractivity contribution is 4.93. The van der Waals surface area contributed by atoms with Gasteiger partial charge in [0.05, 0.1) is 6.10 Å². The lowest BCUT2D eigenvalue weighted by atomic mass is 10.0. The minimum Gasteiger partial charge on any atom is -0.381 e. The first-order valence-electron chi connectivity index (χ1n) is 6.63. The molecule has 1 rings (SSSR count). The van der Waals surface area contributed by atoms with Gasteiger partial charge >= 0.3 is 0 Å². The van der Waals surface area contributed by atoms with Gasteiger partial charge in [-0.1, -0.05) is 18.5 Å². The van der Waals surface area contributed by atoms with E-state index in [0.717, 1.165) is 31.0 Å². The lowest BCUT2D eigenvalue weighted by Crippen LogP contribution is -2.14. The number of nitrogens with two attached hydrogens (primary N) is 1. The van der Waals surface area contributed by atoms with Gasteiger partial charge in [0.1, 0.15) is 0 Å². The molecule has 0 radical (unpaired) electrons. The Morgan fingerprint density at radius 3 is 2.61 bits per heavy atom. The van der Waals surface area contributed by atoms with Crippen LogP contribution in [0.2, 0.25) is 0 Å². The summed E-state index contributed by atoms with van der Waals surface area (Å²) in [7, 11) is 1.68. The van der Waals surface area contributed by atoms with Crippen molar-refractivity contribution in [3.05, 3.63) is 11.7 Å². The van der Waals surface area contributed by atoms with E-state index in [2.05, 4.69) is 17.1 Å². The fourth-order valence-corrected chi connectivity index (χ4v) is 1.76. The summed E-state index contributed by atoms with van der Waals surface area (Å²) < 4.78 is 10.5. The quantitative estimate of drug-likeness (QED) is 0.771. The van der Waals surface area contributed by atoms with Crippen LogP contribution in [0.4, 0.5) is 0 Å². The van der Waals surface area contributed by atoms with Crippen molar-refractivity contribution in [3.8, 4) is 0 Å². The average molecular weight is 255 g/mol. The molecule has 0 saturated heterocycles. The minimum absolute atomic E-state index is 0.115. The van der Waals surface area contributed by atoms with Crippen molar-refractivity contribution in [2.24, 2.45) is 5.73 Å². The maximum atomic E-state index is 5.73. The summed E-state index contributed by atoms with van der Waals surface area (Å²) in [4.78, 5) is 4.41. The molecule has 0 aliphatic heterocycles. The molecule has 0 aliphatic carbocycles. The Hall–Kier alpha value is -0.940. The summed E-state index contributed by atoms with van der Waals surface area (Å²) in [5.74, 6) is 1.74. The molecule has 0 aromatic carbocycles. The van der Waals surface area contributed by atoms with E-state index in [-0.39, 0.29) is 12.1 Å². The average Bonchev–Trinajstić information content (AvgIpc) is 2.76. The molecule has 0 bridgehead atoms. The summed E-state index contributed by atoms with van der Waals surface area (Å²) >= 11 is 0. The first kappa shape index (κ1) is 15.1. The highest BCUT2D eigenvalue weighted by Gasteiger charge is 2.15. The van der Waals surface area contributed by atoms with Gasteiger partial charge in [-0.15, -0.1) is 0 Å². The van der Waals surface area contributed by atoms with Crippen molar-refractivity contribution < 1.29 is 9.26 Å². The summed E-state index contributed by atoms with van der Waals surface area (Å²) in [5.41, 5.74) is 5.73. The van der Waals surface area contributed by atoms with Gasteiger partial charge in [0.15, 0.2) is 5.82 Å². The van der Waals surface area contributed by atoms with Gasteiger partial charge in [-0.2, -0.15) is 4.98 Å². The molecule has 104 valence electrons. The van der Waals surface area contributed by atoms with E-state index in [0.29, 0.717) is 12.3 Å². The van der Waals surface area contributed by atoms with Crippen LogP contribution >= 0.6 is 0 Å². The van der Waals surface area contributed by atoms with E-state index < -0.39 is 0 Å². The fourth-order valence-electron chi connectivity index (χ4n) is 1.76. The van der Waals surface area contributed by atoms with Crippen LogP contribution in [-0.4, -0.2) is 29.4 Å². The van der Waals surface area contributed by atoms with Gasteiger partial charge < -0.3 is 15.0 Å². The van der Waals surface area contributed by atoms with Crippen LogP contribution < -0.4 is 5.73 Å². The molecule has 5 heteroatoms. The molecule has 3 atom stereocenters. The van der Waals surface area contributed by atoms with Gasteiger partial charge in [0.2, 0.25) is 5.89 Å². The second-order valence-corrected chi connectivity index (χ2v) is 5.11. The Balaban J connectivity index is 2.41. The van der Waals surface area contributed by atoms with Crippen LogP contribution in [0.25, 0.3) is 0 Å². The maximum Gasteiger partial charge on any atom is 0.229 e. The maximum absolute atomic E-state index is 5.73. The molecule has 0 amide bonds. The molecule has 0 fully saturated rings. The van der Waals surface area contributed by atoms with E-state index in [1.165, 1.54) is 0 Å². The number of methoxy groups -OCH3 is 1. The molecule has 3 unspecified atom stereocenters. The number of nitrogens with zero attached hydrogens (tertiary/aromatic N) is 2. The van der Waals surface area contributed by atoms with Crippen molar-refractivity contribution in [2.45, 2.75) is 64.5 Å². The molecule has 1 aromatic rings. The number of aromatic nitrogens is 2. The lowest BCUT2D eigenvalue weighted by molar-refractivity contribution is 0.116. The molecule has 18 heavy (non-hydrogen) atoms. The van der Waals surface area contributed by atoms with Crippen LogP contribution in [-0.2, 0) is 11.2 Å². The molecule has 5 nitrogen and oxygen atoms in total. The minimum atomic E-state index is 0.115. The molecular formula is C13H25N3O2. The van der Waals surface area contributed by atoms with Crippen LogP contribution in [0.1, 0.15) is 57.7 Å². The summed E-state index contributed by atoms with van der Waals surface area (Å²) in [5, 5.41) is 3.98. The molecule has 2 N–H and O–H groups in total. The van der Waals surface area contributed by atoms with Gasteiger partial charge in [-0.25, -0.2) is 0 Å². The van der Waals surface area contributed by atoms with Crippen molar-refractivity contribution in [3.63, 3.8) is 0 Å². The van der Waals surface area contributed by atoms with Crippen LogP contribution in [0.5, 0.6) is 0 Å². The van der Waals surface area contributed by atoms with Crippen molar-refractivity contribution in [2.75, 3.05) is 7.11 Å². The van der Waals surface area contributed by atoms with Crippen molar-refractivity contribution >= 4 is 0 Å². The Morgan fingerprint density at radius 1 is 1.28 bits per heavy atom. The Labute approximate surface area is 109 Å². The summed E-state index contributed by atoms with van der Waals surface area (Å²) in [6.07, 6.45) is 3.95. The summed E-state index contributed by atoms with van der Waals surface area (Å²) in [6, 6.07) is 0.262. The van der Waals surface area contributed by atoms with Crippen LogP contribution in [0, 0.1) is 0 Å². The lowest BCUT2D eigenvalue weighted by Gasteiger charge is -2.08. The molecule has 1 aromatic heterocycles. The second-order valence-electron chi connectivity index (χ2n) is 5.11. The number of rotatable bonds is 8.